The van der Waals surface area contributed by atoms with E-state index in [1.165, 1.54) is 0 Å². The average Bonchev–Trinajstić information content (AvgIpc) is 2.82. The quantitative estimate of drug-likeness (QED) is 0.882. The van der Waals surface area contributed by atoms with Crippen molar-refractivity contribution in [2.24, 2.45) is 0 Å². The van der Waals surface area contributed by atoms with Crippen LogP contribution in [0.15, 0.2) is 29.0 Å². The monoisotopic (exact) mass is 281 g/mol. The smallest absolute Gasteiger partial charge is 0.174 e. The van der Waals surface area contributed by atoms with Gasteiger partial charge in [0.2, 0.25) is 0 Å². The van der Waals surface area contributed by atoms with Gasteiger partial charge in [0.15, 0.2) is 5.76 Å². The molecule has 0 radical (unpaired) electrons. The Morgan fingerprint density at radius 2 is 2.21 bits per heavy atom. The van der Waals surface area contributed by atoms with E-state index in [9.17, 15) is 0 Å². The molecule has 19 heavy (non-hydrogen) atoms. The van der Waals surface area contributed by atoms with Crippen LogP contribution >= 0.6 is 11.6 Å². The number of halogens is 1. The van der Waals surface area contributed by atoms with Crippen molar-refractivity contribution in [3.63, 3.8) is 0 Å². The fourth-order valence-electron chi connectivity index (χ4n) is 1.44. The summed E-state index contributed by atoms with van der Waals surface area (Å²) in [5.74, 6) is 1.27. The molecule has 1 N–H and O–H groups in total. The molecule has 0 aliphatic carbocycles. The van der Waals surface area contributed by atoms with Crippen LogP contribution in [0.25, 0.3) is 0 Å². The van der Waals surface area contributed by atoms with Crippen molar-refractivity contribution in [2.75, 3.05) is 0 Å². The lowest BCUT2D eigenvalue weighted by atomic mass is 10.3. The molecule has 0 unspecified atom stereocenters. The Hall–Kier alpha value is -1.59. The molecular weight excluding hydrogens is 266 g/mol. The van der Waals surface area contributed by atoms with Gasteiger partial charge in [-0.05, 0) is 0 Å². The largest absolute Gasteiger partial charge is 0.484 e. The van der Waals surface area contributed by atoms with E-state index >= 15 is 0 Å². The number of nitrogens with one attached hydrogen (secondary N) is 1. The second-order valence-electron chi connectivity index (χ2n) is 4.45. The topological polar surface area (TPSA) is 60.2 Å². The van der Waals surface area contributed by atoms with E-state index in [0.717, 1.165) is 5.69 Å². The van der Waals surface area contributed by atoms with Gasteiger partial charge in [0.25, 0.3) is 0 Å². The molecule has 0 aliphatic heterocycles. The van der Waals surface area contributed by atoms with Gasteiger partial charge in [-0.15, -0.1) is 0 Å². The van der Waals surface area contributed by atoms with E-state index in [0.29, 0.717) is 35.7 Å². The summed E-state index contributed by atoms with van der Waals surface area (Å²) in [7, 11) is 0. The highest BCUT2D eigenvalue weighted by Gasteiger charge is 2.06. The first-order valence-corrected chi connectivity index (χ1v) is 6.42. The molecule has 2 aromatic heterocycles. The maximum Gasteiger partial charge on any atom is 0.174 e. The maximum atomic E-state index is 5.82. The predicted octanol–water partition coefficient (Wildman–Crippen LogP) is 2.80. The van der Waals surface area contributed by atoms with Crippen LogP contribution in [0.5, 0.6) is 5.75 Å². The summed E-state index contributed by atoms with van der Waals surface area (Å²) in [6.07, 6.45) is 3.15. The van der Waals surface area contributed by atoms with Gasteiger partial charge in [-0.25, -0.2) is 0 Å². The van der Waals surface area contributed by atoms with E-state index in [4.69, 9.17) is 20.9 Å². The minimum atomic E-state index is 0.302. The van der Waals surface area contributed by atoms with Gasteiger partial charge in [-0.3, -0.25) is 4.98 Å². The van der Waals surface area contributed by atoms with Gasteiger partial charge in [-0.2, -0.15) is 0 Å². The van der Waals surface area contributed by atoms with E-state index in [1.807, 2.05) is 6.07 Å². The van der Waals surface area contributed by atoms with Crippen LogP contribution in [0.3, 0.4) is 0 Å². The Bertz CT molecular complexity index is 528. The molecule has 0 amide bonds. The summed E-state index contributed by atoms with van der Waals surface area (Å²) in [6, 6.07) is 3.98. The molecule has 2 rings (SSSR count). The fourth-order valence-corrected chi connectivity index (χ4v) is 1.61. The molecule has 0 aromatic carbocycles. The van der Waals surface area contributed by atoms with E-state index in [-0.39, 0.29) is 0 Å². The Kier molecular flexibility index (Phi) is 4.76. The summed E-state index contributed by atoms with van der Waals surface area (Å²) in [4.78, 5) is 3.94. The van der Waals surface area contributed by atoms with Gasteiger partial charge in [0.1, 0.15) is 12.4 Å². The van der Waals surface area contributed by atoms with Crippen LogP contribution in [0.1, 0.15) is 25.3 Å². The minimum absolute atomic E-state index is 0.302. The second kappa shape index (κ2) is 6.54. The van der Waals surface area contributed by atoms with Gasteiger partial charge in [0.05, 0.1) is 16.9 Å². The maximum absolute atomic E-state index is 5.82. The van der Waals surface area contributed by atoms with Gasteiger partial charge in [-0.1, -0.05) is 30.6 Å². The summed E-state index contributed by atoms with van der Waals surface area (Å²) < 4.78 is 10.7. The zero-order valence-electron chi connectivity index (χ0n) is 10.9. The zero-order chi connectivity index (χ0) is 13.7. The third kappa shape index (κ3) is 4.54. The van der Waals surface area contributed by atoms with Gasteiger partial charge in [0, 0.05) is 30.9 Å². The molecule has 0 fully saturated rings. The third-order valence-electron chi connectivity index (χ3n) is 2.36. The molecule has 0 saturated carbocycles. The lowest BCUT2D eigenvalue weighted by Gasteiger charge is -2.04. The summed E-state index contributed by atoms with van der Waals surface area (Å²) in [6.45, 7) is 5.14. The summed E-state index contributed by atoms with van der Waals surface area (Å²) in [5, 5.41) is 7.76. The highest BCUT2D eigenvalue weighted by atomic mass is 35.5. The first kappa shape index (κ1) is 13.8. The molecule has 6 heteroatoms. The standard InChI is InChI=1S/C13H16ClN3O2/c1-9(2)16-6-11-4-13(19-17-11)8-18-12-3-10(14)5-15-7-12/h3-5,7,9,16H,6,8H2,1-2H3. The number of hydrogen-bond donors (Lipinski definition) is 1. The van der Waals surface area contributed by atoms with Gasteiger partial charge < -0.3 is 14.6 Å². The second-order valence-corrected chi connectivity index (χ2v) is 4.88. The van der Waals surface area contributed by atoms with Crippen LogP contribution < -0.4 is 10.1 Å². The third-order valence-corrected chi connectivity index (χ3v) is 2.57. The number of aromatic nitrogens is 2. The molecule has 0 saturated heterocycles. The van der Waals surface area contributed by atoms with E-state index in [2.05, 4.69) is 29.3 Å². The number of pyridine rings is 1. The van der Waals surface area contributed by atoms with Crippen molar-refractivity contribution in [3.05, 3.63) is 41.0 Å². The Morgan fingerprint density at radius 3 is 2.95 bits per heavy atom. The lowest BCUT2D eigenvalue weighted by molar-refractivity contribution is 0.247. The van der Waals surface area contributed by atoms with Crippen LogP contribution in [0.4, 0.5) is 0 Å². The molecule has 0 atom stereocenters. The van der Waals surface area contributed by atoms with Crippen LogP contribution in [0, 0.1) is 0 Å². The van der Waals surface area contributed by atoms with Crippen molar-refractivity contribution in [1.82, 2.24) is 15.5 Å². The molecule has 0 aliphatic rings. The Balaban J connectivity index is 1.86. The number of hydrogen-bond acceptors (Lipinski definition) is 5. The molecule has 5 nitrogen and oxygen atoms in total. The first-order chi connectivity index (χ1) is 9.13. The number of ether oxygens (including phenoxy) is 1. The molecule has 102 valence electrons. The average molecular weight is 282 g/mol. The fraction of sp³-hybridized carbons (Fsp3) is 0.385. The molecule has 0 bridgehead atoms. The molecule has 0 spiro atoms. The number of nitrogens with zero attached hydrogens (tertiary/aromatic N) is 2. The highest BCUT2D eigenvalue weighted by Crippen LogP contribution is 2.16. The molecule has 2 heterocycles. The van der Waals surface area contributed by atoms with Crippen LogP contribution in [-0.2, 0) is 13.2 Å². The van der Waals surface area contributed by atoms with E-state index in [1.54, 1.807) is 18.5 Å². The number of rotatable bonds is 6. The van der Waals surface area contributed by atoms with Crippen molar-refractivity contribution in [2.45, 2.75) is 33.0 Å². The normalized spacial score (nSPS) is 10.9. The first-order valence-electron chi connectivity index (χ1n) is 6.04. The van der Waals surface area contributed by atoms with Crippen LogP contribution in [-0.4, -0.2) is 16.2 Å². The summed E-state index contributed by atoms with van der Waals surface area (Å²) in [5.41, 5.74) is 0.858. The van der Waals surface area contributed by atoms with Crippen molar-refractivity contribution >= 4 is 11.6 Å². The Labute approximate surface area is 116 Å². The molecule has 2 aromatic rings. The predicted molar refractivity (Wildman–Crippen MR) is 72.1 cm³/mol. The van der Waals surface area contributed by atoms with Gasteiger partial charge >= 0.3 is 0 Å². The van der Waals surface area contributed by atoms with Crippen LogP contribution in [0.2, 0.25) is 5.02 Å². The lowest BCUT2D eigenvalue weighted by Crippen LogP contribution is -2.21. The molecular formula is C13H16ClN3O2. The Morgan fingerprint density at radius 1 is 1.37 bits per heavy atom. The summed E-state index contributed by atoms with van der Waals surface area (Å²) >= 11 is 5.82. The van der Waals surface area contributed by atoms with E-state index < -0.39 is 0 Å². The highest BCUT2D eigenvalue weighted by molar-refractivity contribution is 6.30. The van der Waals surface area contributed by atoms with Crippen molar-refractivity contribution < 1.29 is 9.26 Å². The SMILES string of the molecule is CC(C)NCc1cc(COc2cncc(Cl)c2)on1. The minimum Gasteiger partial charge on any atom is -0.484 e. The van der Waals surface area contributed by atoms with Crippen molar-refractivity contribution in [3.8, 4) is 5.75 Å². The van der Waals surface area contributed by atoms with Crippen molar-refractivity contribution in [1.29, 1.82) is 0 Å². The zero-order valence-corrected chi connectivity index (χ0v) is 11.6.